The number of nitrogens with zero attached hydrogens (tertiary/aromatic N) is 1. The first-order valence-corrected chi connectivity index (χ1v) is 5.80. The summed E-state index contributed by atoms with van der Waals surface area (Å²) in [5.41, 5.74) is -0.131. The van der Waals surface area contributed by atoms with Gasteiger partial charge in [0, 0.05) is 6.08 Å². The Hall–Kier alpha value is -2.08. The Morgan fingerprint density at radius 3 is 2.39 bits per heavy atom. The highest BCUT2D eigenvalue weighted by atomic mass is 16.6. The standard InChI is InChI=1S/C15H15NO2/c1-14(2,3)18-13(17)15(16-4)10-12(15)11-8-6-5-7-9-11/h5-10H,1-3H3/t15-/m0/s1. The van der Waals surface area contributed by atoms with Crippen LogP contribution in [0.1, 0.15) is 26.3 Å². The smallest absolute Gasteiger partial charge is 0.403 e. The van der Waals surface area contributed by atoms with E-state index in [2.05, 4.69) is 4.85 Å². The third-order valence-electron chi connectivity index (χ3n) is 2.65. The number of ether oxygens (including phenoxy) is 1. The highest BCUT2D eigenvalue weighted by Gasteiger charge is 2.62. The second-order valence-corrected chi connectivity index (χ2v) is 5.30. The molecule has 0 heterocycles. The molecule has 2 rings (SSSR count). The van der Waals surface area contributed by atoms with E-state index in [9.17, 15) is 4.79 Å². The molecule has 0 fully saturated rings. The Labute approximate surface area is 107 Å². The van der Waals surface area contributed by atoms with E-state index in [1.807, 2.05) is 30.3 Å². The van der Waals surface area contributed by atoms with Crippen molar-refractivity contribution in [1.82, 2.24) is 0 Å². The van der Waals surface area contributed by atoms with Gasteiger partial charge >= 0.3 is 11.5 Å². The van der Waals surface area contributed by atoms with Gasteiger partial charge in [0.25, 0.3) is 0 Å². The zero-order valence-corrected chi connectivity index (χ0v) is 10.7. The lowest BCUT2D eigenvalue weighted by molar-refractivity contribution is -0.155. The van der Waals surface area contributed by atoms with Gasteiger partial charge in [0.2, 0.25) is 0 Å². The van der Waals surface area contributed by atoms with E-state index in [4.69, 9.17) is 11.3 Å². The average Bonchev–Trinajstić information content (AvgIpc) is 3.04. The van der Waals surface area contributed by atoms with Crippen LogP contribution in [0, 0.1) is 6.57 Å². The lowest BCUT2D eigenvalue weighted by Crippen LogP contribution is -2.33. The van der Waals surface area contributed by atoms with E-state index in [0.29, 0.717) is 0 Å². The lowest BCUT2D eigenvalue weighted by atomic mass is 10.1. The predicted molar refractivity (Wildman–Crippen MR) is 69.6 cm³/mol. The van der Waals surface area contributed by atoms with Crippen molar-refractivity contribution in [3.8, 4) is 0 Å². The minimum atomic E-state index is -1.20. The van der Waals surface area contributed by atoms with Crippen molar-refractivity contribution in [1.29, 1.82) is 0 Å². The van der Waals surface area contributed by atoms with E-state index in [1.54, 1.807) is 26.8 Å². The topological polar surface area (TPSA) is 30.7 Å². The molecule has 0 saturated heterocycles. The van der Waals surface area contributed by atoms with Gasteiger partial charge in [0.15, 0.2) is 0 Å². The molecule has 0 radical (unpaired) electrons. The van der Waals surface area contributed by atoms with Crippen LogP contribution < -0.4 is 0 Å². The molecule has 3 nitrogen and oxygen atoms in total. The first-order valence-electron chi connectivity index (χ1n) is 5.80. The Morgan fingerprint density at radius 1 is 1.28 bits per heavy atom. The summed E-state index contributed by atoms with van der Waals surface area (Å²) in [6.07, 6.45) is 1.67. The van der Waals surface area contributed by atoms with Gasteiger partial charge in [-0.05, 0) is 26.3 Å². The first kappa shape index (κ1) is 12.4. The summed E-state index contributed by atoms with van der Waals surface area (Å²) >= 11 is 0. The number of carbonyl (C=O) groups is 1. The van der Waals surface area contributed by atoms with Gasteiger partial charge in [-0.2, -0.15) is 0 Å². The Kier molecular flexibility index (Phi) is 2.74. The fraction of sp³-hybridized carbons (Fsp3) is 0.333. The third-order valence-corrected chi connectivity index (χ3v) is 2.65. The molecule has 0 saturated carbocycles. The van der Waals surface area contributed by atoms with Crippen molar-refractivity contribution in [2.45, 2.75) is 31.9 Å². The molecule has 3 heteroatoms. The molecule has 1 atom stereocenters. The van der Waals surface area contributed by atoms with Gasteiger partial charge in [0.1, 0.15) is 5.60 Å². The monoisotopic (exact) mass is 241 g/mol. The van der Waals surface area contributed by atoms with E-state index in [0.717, 1.165) is 11.1 Å². The summed E-state index contributed by atoms with van der Waals surface area (Å²) in [5.74, 6) is -0.483. The quantitative estimate of drug-likeness (QED) is 0.588. The van der Waals surface area contributed by atoms with Crippen LogP contribution in [-0.2, 0) is 9.53 Å². The fourth-order valence-corrected chi connectivity index (χ4v) is 1.76. The van der Waals surface area contributed by atoms with E-state index in [1.165, 1.54) is 0 Å². The number of carbonyl (C=O) groups excluding carboxylic acids is 1. The van der Waals surface area contributed by atoms with Crippen LogP contribution >= 0.6 is 0 Å². The summed E-state index contributed by atoms with van der Waals surface area (Å²) < 4.78 is 5.30. The molecule has 0 amide bonds. The van der Waals surface area contributed by atoms with Crippen LogP contribution in [-0.4, -0.2) is 17.1 Å². The lowest BCUT2D eigenvalue weighted by Gasteiger charge is -2.20. The molecule has 92 valence electrons. The number of hydrogen-bond acceptors (Lipinski definition) is 2. The number of benzene rings is 1. The molecular weight excluding hydrogens is 226 g/mol. The average molecular weight is 241 g/mol. The third kappa shape index (κ3) is 2.14. The minimum Gasteiger partial charge on any atom is -0.453 e. The van der Waals surface area contributed by atoms with Crippen LogP contribution in [0.4, 0.5) is 0 Å². The molecule has 0 N–H and O–H groups in total. The maximum atomic E-state index is 12.1. The molecule has 18 heavy (non-hydrogen) atoms. The first-order chi connectivity index (χ1) is 8.39. The summed E-state index contributed by atoms with van der Waals surface area (Å²) in [6.45, 7) is 12.7. The van der Waals surface area contributed by atoms with Crippen LogP contribution in [0.3, 0.4) is 0 Å². The molecular formula is C15H15NO2. The SMILES string of the molecule is [C-]#[N+][C@@]1(C(=O)OC(C)(C)C)C=C1c1ccccc1. The Balaban J connectivity index is 2.19. The van der Waals surface area contributed by atoms with Crippen molar-refractivity contribution in [2.24, 2.45) is 0 Å². The summed E-state index contributed by atoms with van der Waals surface area (Å²) in [7, 11) is 0. The van der Waals surface area contributed by atoms with Crippen molar-refractivity contribution in [2.75, 3.05) is 0 Å². The molecule has 0 spiro atoms. The van der Waals surface area contributed by atoms with Gasteiger partial charge in [-0.25, -0.2) is 11.4 Å². The second kappa shape index (κ2) is 3.99. The van der Waals surface area contributed by atoms with Gasteiger partial charge < -0.3 is 4.74 Å². The molecule has 1 aliphatic rings. The Bertz CT molecular complexity index is 546. The number of hydrogen-bond donors (Lipinski definition) is 0. The van der Waals surface area contributed by atoms with Crippen LogP contribution in [0.2, 0.25) is 0 Å². The van der Waals surface area contributed by atoms with Crippen LogP contribution in [0.5, 0.6) is 0 Å². The highest BCUT2D eigenvalue weighted by Crippen LogP contribution is 2.47. The zero-order valence-electron chi connectivity index (χ0n) is 10.7. The molecule has 0 unspecified atom stereocenters. The van der Waals surface area contributed by atoms with Gasteiger partial charge in [-0.15, -0.1) is 0 Å². The van der Waals surface area contributed by atoms with E-state index in [-0.39, 0.29) is 0 Å². The fourth-order valence-electron chi connectivity index (χ4n) is 1.76. The molecule has 1 aliphatic carbocycles. The number of rotatable bonds is 2. The molecule has 0 aromatic heterocycles. The van der Waals surface area contributed by atoms with Crippen molar-refractivity contribution in [3.63, 3.8) is 0 Å². The van der Waals surface area contributed by atoms with Gasteiger partial charge in [0.05, 0.1) is 5.57 Å². The van der Waals surface area contributed by atoms with Gasteiger partial charge in [-0.1, -0.05) is 30.3 Å². The normalized spacial score (nSPS) is 21.8. The summed E-state index contributed by atoms with van der Waals surface area (Å²) in [6, 6.07) is 9.46. The van der Waals surface area contributed by atoms with Gasteiger partial charge in [-0.3, -0.25) is 4.85 Å². The van der Waals surface area contributed by atoms with E-state index >= 15 is 0 Å². The minimum absolute atomic E-state index is 0.483. The van der Waals surface area contributed by atoms with E-state index < -0.39 is 17.1 Å². The van der Waals surface area contributed by atoms with Crippen molar-refractivity contribution < 1.29 is 9.53 Å². The highest BCUT2D eigenvalue weighted by molar-refractivity contribution is 6.13. The molecule has 1 aromatic rings. The Morgan fingerprint density at radius 2 is 1.89 bits per heavy atom. The molecule has 1 aromatic carbocycles. The zero-order chi connectivity index (χ0) is 13.4. The van der Waals surface area contributed by atoms with Crippen molar-refractivity contribution >= 4 is 11.5 Å². The van der Waals surface area contributed by atoms with Crippen molar-refractivity contribution in [3.05, 3.63) is 53.4 Å². The molecule has 0 aliphatic heterocycles. The van der Waals surface area contributed by atoms with Crippen LogP contribution in [0.25, 0.3) is 10.4 Å². The second-order valence-electron chi connectivity index (χ2n) is 5.30. The van der Waals surface area contributed by atoms with Crippen LogP contribution in [0.15, 0.2) is 36.4 Å². The maximum Gasteiger partial charge on any atom is 0.403 e. The summed E-state index contributed by atoms with van der Waals surface area (Å²) in [4.78, 5) is 15.5. The largest absolute Gasteiger partial charge is 0.453 e. The predicted octanol–water partition coefficient (Wildman–Crippen LogP) is 3.08. The number of esters is 1. The maximum absolute atomic E-state index is 12.1. The molecule has 0 bridgehead atoms. The summed E-state index contributed by atoms with van der Waals surface area (Å²) in [5, 5.41) is 0.